The van der Waals surface area contributed by atoms with Gasteiger partial charge >= 0.3 is 18.0 Å². The van der Waals surface area contributed by atoms with Crippen LogP contribution >= 0.6 is 0 Å². The molecule has 1 N–H and O–H groups in total. The van der Waals surface area contributed by atoms with Crippen molar-refractivity contribution in [3.05, 3.63) is 23.8 Å². The molecule has 0 aromatic carbocycles. The van der Waals surface area contributed by atoms with Gasteiger partial charge in [0.15, 0.2) is 11.5 Å². The van der Waals surface area contributed by atoms with E-state index in [0.717, 1.165) is 6.42 Å². The molecular formula is C33H48FNO8. The summed E-state index contributed by atoms with van der Waals surface area (Å²) in [6, 6.07) is 0. The summed E-state index contributed by atoms with van der Waals surface area (Å²) in [5.41, 5.74) is -5.65. The molecule has 0 aliphatic heterocycles. The lowest BCUT2D eigenvalue weighted by Crippen LogP contribution is -2.70. The van der Waals surface area contributed by atoms with Gasteiger partial charge in [0.05, 0.1) is 6.10 Å². The number of hydrogen-bond acceptors (Lipinski definition) is 8. The third-order valence-corrected chi connectivity index (χ3v) is 11.1. The van der Waals surface area contributed by atoms with E-state index in [4.69, 9.17) is 14.2 Å². The summed E-state index contributed by atoms with van der Waals surface area (Å²) in [7, 11) is 0. The summed E-state index contributed by atoms with van der Waals surface area (Å²) in [5, 5.41) is 11.7. The predicted octanol–water partition coefficient (Wildman–Crippen LogP) is 5.44. The van der Waals surface area contributed by atoms with Gasteiger partial charge < -0.3 is 24.2 Å². The van der Waals surface area contributed by atoms with Gasteiger partial charge in [0.25, 0.3) is 0 Å². The number of ketones is 1. The molecule has 4 aliphatic carbocycles. The Hall–Kier alpha value is -2.75. The van der Waals surface area contributed by atoms with Crippen molar-refractivity contribution in [1.29, 1.82) is 0 Å². The van der Waals surface area contributed by atoms with E-state index >= 15 is 4.39 Å². The smallest absolute Gasteiger partial charge is 0.412 e. The first-order valence-electron chi connectivity index (χ1n) is 15.9. The maximum absolute atomic E-state index is 17.6. The maximum atomic E-state index is 17.6. The zero-order chi connectivity index (χ0) is 32.0. The van der Waals surface area contributed by atoms with Gasteiger partial charge in [-0.05, 0) is 70.9 Å². The average molecular weight is 606 g/mol. The molecule has 9 nitrogen and oxygen atoms in total. The molecule has 0 spiro atoms. The number of nitrogens with zero attached hydrogens (tertiary/aromatic N) is 1. The number of aliphatic hydroxyl groups is 1. The molecule has 0 aromatic rings. The van der Waals surface area contributed by atoms with Gasteiger partial charge in [-0.2, -0.15) is 0 Å². The van der Waals surface area contributed by atoms with Gasteiger partial charge in [-0.25, -0.2) is 14.0 Å². The van der Waals surface area contributed by atoms with Gasteiger partial charge in [-0.3, -0.25) is 9.59 Å². The number of halogens is 1. The summed E-state index contributed by atoms with van der Waals surface area (Å²) in [6.45, 7) is 13.1. The van der Waals surface area contributed by atoms with E-state index < -0.39 is 70.3 Å². The molecular weight excluding hydrogens is 557 g/mol. The van der Waals surface area contributed by atoms with Crippen LogP contribution in [-0.4, -0.2) is 70.6 Å². The number of alkyl halides is 1. The highest BCUT2D eigenvalue weighted by molar-refractivity contribution is 6.01. The molecule has 0 aromatic heterocycles. The van der Waals surface area contributed by atoms with E-state index in [0.29, 0.717) is 44.3 Å². The van der Waals surface area contributed by atoms with E-state index in [1.165, 1.54) is 24.0 Å². The fourth-order valence-electron chi connectivity index (χ4n) is 8.74. The lowest BCUT2D eigenvalue weighted by molar-refractivity contribution is -0.243. The SMILES string of the molecule is CCCCC(=O)O[C@]1(C(=O)OC(C)OC(=O)N(CC)CC)[C@@H](C)C[C@H]2[C@@H]3CCC4=CC(=O)C=C[C@]4(C)[C@@]3(F)[C@@H](O)C[C@@]21C. The zero-order valence-electron chi connectivity index (χ0n) is 26.6. The first-order chi connectivity index (χ1) is 20.2. The number of ether oxygens (including phenoxy) is 3. The van der Waals surface area contributed by atoms with Crippen LogP contribution in [0.15, 0.2) is 23.8 Å². The minimum Gasteiger partial charge on any atom is -0.446 e. The second kappa shape index (κ2) is 12.0. The Balaban J connectivity index is 1.73. The highest BCUT2D eigenvalue weighted by atomic mass is 19.1. The van der Waals surface area contributed by atoms with E-state index in [1.807, 2.05) is 6.92 Å². The average Bonchev–Trinajstić information content (AvgIpc) is 3.15. The maximum Gasteiger partial charge on any atom is 0.412 e. The Bertz CT molecular complexity index is 1200. The van der Waals surface area contributed by atoms with Crippen LogP contribution in [0.1, 0.15) is 93.4 Å². The Kier molecular flexibility index (Phi) is 9.23. The third kappa shape index (κ3) is 5.01. The van der Waals surface area contributed by atoms with Crippen molar-refractivity contribution in [2.24, 2.45) is 28.6 Å². The fourth-order valence-corrected chi connectivity index (χ4v) is 8.74. The molecule has 0 saturated heterocycles. The number of allylic oxidation sites excluding steroid dienone is 4. The molecule has 0 heterocycles. The van der Waals surface area contributed by atoms with Gasteiger partial charge in [-0.1, -0.05) is 38.8 Å². The Morgan fingerprint density at radius 2 is 1.81 bits per heavy atom. The molecule has 3 fully saturated rings. The molecule has 4 aliphatic rings. The zero-order valence-corrected chi connectivity index (χ0v) is 26.6. The largest absolute Gasteiger partial charge is 0.446 e. The monoisotopic (exact) mass is 605 g/mol. The van der Waals surface area contributed by atoms with Crippen molar-refractivity contribution >= 4 is 23.8 Å². The van der Waals surface area contributed by atoms with Gasteiger partial charge in [0, 0.05) is 49.1 Å². The van der Waals surface area contributed by atoms with Gasteiger partial charge in [0.1, 0.15) is 0 Å². The number of hydrogen-bond donors (Lipinski definition) is 1. The third-order valence-electron chi connectivity index (χ3n) is 11.1. The number of carbonyl (C=O) groups excluding carboxylic acids is 4. The Morgan fingerprint density at radius 1 is 1.14 bits per heavy atom. The number of fused-ring (bicyclic) bond motifs is 5. The van der Waals surface area contributed by atoms with Crippen LogP contribution in [0.3, 0.4) is 0 Å². The molecule has 0 bridgehead atoms. The van der Waals surface area contributed by atoms with Crippen LogP contribution in [0.5, 0.6) is 0 Å². The van der Waals surface area contributed by atoms with Crippen molar-refractivity contribution < 1.29 is 42.9 Å². The fraction of sp³-hybridized carbons (Fsp3) is 0.758. The summed E-state index contributed by atoms with van der Waals surface area (Å²) >= 11 is 0. The quantitative estimate of drug-likeness (QED) is 0.273. The van der Waals surface area contributed by atoms with E-state index in [1.54, 1.807) is 40.7 Å². The van der Waals surface area contributed by atoms with Crippen molar-refractivity contribution in [2.75, 3.05) is 13.1 Å². The lowest BCUT2D eigenvalue weighted by Gasteiger charge is -2.62. The number of rotatable bonds is 9. The topological polar surface area (TPSA) is 119 Å². The van der Waals surface area contributed by atoms with Crippen molar-refractivity contribution in [3.63, 3.8) is 0 Å². The Labute approximate surface area is 254 Å². The lowest BCUT2D eigenvalue weighted by atomic mass is 9.44. The van der Waals surface area contributed by atoms with Crippen LogP contribution in [-0.2, 0) is 28.6 Å². The van der Waals surface area contributed by atoms with Gasteiger partial charge in [0.2, 0.25) is 11.9 Å². The minimum atomic E-state index is -2.10. The van der Waals surface area contributed by atoms with Crippen molar-refractivity contribution in [2.45, 2.75) is 117 Å². The highest BCUT2D eigenvalue weighted by Crippen LogP contribution is 2.71. The molecule has 43 heavy (non-hydrogen) atoms. The second-order valence-electron chi connectivity index (χ2n) is 13.2. The number of carbonyl (C=O) groups is 4. The first-order valence-corrected chi connectivity index (χ1v) is 15.9. The van der Waals surface area contributed by atoms with Gasteiger partial charge in [-0.15, -0.1) is 0 Å². The summed E-state index contributed by atoms with van der Waals surface area (Å²) in [4.78, 5) is 53.7. The molecule has 0 radical (unpaired) electrons. The van der Waals surface area contributed by atoms with Crippen molar-refractivity contribution in [3.8, 4) is 0 Å². The molecule has 9 atom stereocenters. The highest BCUT2D eigenvalue weighted by Gasteiger charge is 2.78. The molecule has 3 saturated carbocycles. The molecule has 1 amide bonds. The van der Waals surface area contributed by atoms with Crippen molar-refractivity contribution in [1.82, 2.24) is 4.90 Å². The summed E-state index contributed by atoms with van der Waals surface area (Å²) < 4.78 is 34.9. The van der Waals surface area contributed by atoms with E-state index in [9.17, 15) is 24.3 Å². The molecule has 1 unspecified atom stereocenters. The Morgan fingerprint density at radius 3 is 2.44 bits per heavy atom. The predicted molar refractivity (Wildman–Crippen MR) is 156 cm³/mol. The van der Waals surface area contributed by atoms with E-state index in [-0.39, 0.29) is 18.6 Å². The molecule has 4 rings (SSSR count). The minimum absolute atomic E-state index is 0.0928. The van der Waals surface area contributed by atoms with Crippen LogP contribution in [0.4, 0.5) is 9.18 Å². The first kappa shape index (κ1) is 33.1. The normalized spacial score (nSPS) is 38.6. The van der Waals surface area contributed by atoms with Crippen LogP contribution in [0.2, 0.25) is 0 Å². The summed E-state index contributed by atoms with van der Waals surface area (Å²) in [6.07, 6.45) is 3.44. The number of unbranched alkanes of at least 4 members (excludes halogenated alkanes) is 1. The standard InChI is InChI=1S/C33H48FNO8/c1-8-11-12-27(38)43-33(28(39)41-21(5)42-29(40)35(9-2)10-3)20(4)17-25-24-14-13-22-18-23(36)15-16-30(22,6)32(24,34)26(37)19-31(25,33)7/h15-16,18,20-21,24-26,37H,8-14,17,19H2,1-7H3/t20-,21?,24-,25-,26-,30-,31-,32-,33-/m0/s1. The number of esters is 2. The molecule has 240 valence electrons. The number of aliphatic hydroxyl groups excluding tert-OH is 1. The van der Waals surface area contributed by atoms with E-state index in [2.05, 4.69) is 0 Å². The number of amides is 1. The summed E-state index contributed by atoms with van der Waals surface area (Å²) in [5.74, 6) is -3.32. The van der Waals surface area contributed by atoms with Crippen LogP contribution < -0.4 is 0 Å². The second-order valence-corrected chi connectivity index (χ2v) is 13.2. The molecule has 10 heteroatoms. The van der Waals surface area contributed by atoms with Crippen LogP contribution in [0, 0.1) is 28.6 Å². The van der Waals surface area contributed by atoms with Crippen LogP contribution in [0.25, 0.3) is 0 Å².